The number of aromatic nitrogens is 1. The Balaban J connectivity index is 1.51. The van der Waals surface area contributed by atoms with Gasteiger partial charge in [0.2, 0.25) is 5.89 Å². The number of hydrogen-bond donors (Lipinski definition) is 0. The van der Waals surface area contributed by atoms with Gasteiger partial charge in [-0.3, -0.25) is 0 Å². The van der Waals surface area contributed by atoms with E-state index >= 15 is 0 Å². The van der Waals surface area contributed by atoms with E-state index in [4.69, 9.17) is 13.6 Å². The van der Waals surface area contributed by atoms with Gasteiger partial charge < -0.3 is 13.6 Å². The summed E-state index contributed by atoms with van der Waals surface area (Å²) in [5.74, 6) is 1.15. The van der Waals surface area contributed by atoms with Crippen LogP contribution in [0.3, 0.4) is 0 Å². The first-order valence-electron chi connectivity index (χ1n) is 7.44. The molecule has 2 aromatic carbocycles. The number of fused-ring (bicyclic) bond motifs is 1. The van der Waals surface area contributed by atoms with E-state index in [2.05, 4.69) is 4.98 Å². The molecule has 0 amide bonds. The van der Waals surface area contributed by atoms with Crippen molar-refractivity contribution >= 4 is 11.0 Å². The van der Waals surface area contributed by atoms with Gasteiger partial charge in [0.1, 0.15) is 29.9 Å². The lowest BCUT2D eigenvalue weighted by Gasteiger charge is -2.04. The Bertz CT molecular complexity index is 1030. The molecule has 0 unspecified atom stereocenters. The third kappa shape index (κ3) is 2.92. The lowest BCUT2D eigenvalue weighted by Crippen LogP contribution is -1.97. The number of hydrogen-bond acceptors (Lipinski definition) is 5. The predicted octanol–water partition coefficient (Wildman–Crippen LogP) is 4.03. The lowest BCUT2D eigenvalue weighted by atomic mass is 10.2. The molecule has 0 bridgehead atoms. The average Bonchev–Trinajstić information content (AvgIpc) is 3.09. The molecule has 2 heterocycles. The third-order valence-electron chi connectivity index (χ3n) is 3.55. The first-order valence-corrected chi connectivity index (χ1v) is 7.44. The van der Waals surface area contributed by atoms with Crippen molar-refractivity contribution in [2.75, 3.05) is 0 Å². The highest BCUT2D eigenvalue weighted by Gasteiger charge is 2.07. The van der Waals surface area contributed by atoms with Crippen LogP contribution in [0.15, 0.2) is 80.6 Å². The van der Waals surface area contributed by atoms with Crippen LogP contribution in [0.5, 0.6) is 5.75 Å². The van der Waals surface area contributed by atoms with E-state index in [-0.39, 0.29) is 12.2 Å². The molecule has 5 nitrogen and oxygen atoms in total. The minimum atomic E-state index is -0.386. The summed E-state index contributed by atoms with van der Waals surface area (Å²) in [6.45, 7) is 0.263. The maximum Gasteiger partial charge on any atom is 0.336 e. The van der Waals surface area contributed by atoms with Crippen molar-refractivity contribution in [2.24, 2.45) is 0 Å². The molecule has 0 aliphatic carbocycles. The van der Waals surface area contributed by atoms with Gasteiger partial charge in [-0.25, -0.2) is 9.78 Å². The molecule has 0 aliphatic rings. The second-order valence-corrected chi connectivity index (χ2v) is 5.25. The summed E-state index contributed by atoms with van der Waals surface area (Å²) in [6, 6.07) is 18.1. The van der Waals surface area contributed by atoms with Gasteiger partial charge in [-0.2, -0.15) is 0 Å². The van der Waals surface area contributed by atoms with E-state index in [0.717, 1.165) is 10.9 Å². The van der Waals surface area contributed by atoms with E-state index in [1.165, 1.54) is 6.07 Å². The van der Waals surface area contributed by atoms with Crippen molar-refractivity contribution < 1.29 is 13.6 Å². The van der Waals surface area contributed by atoms with E-state index < -0.39 is 0 Å². The first-order chi connectivity index (χ1) is 11.8. The molecule has 0 radical (unpaired) electrons. The van der Waals surface area contributed by atoms with Crippen molar-refractivity contribution in [3.8, 4) is 17.2 Å². The average molecular weight is 319 g/mol. The summed E-state index contributed by atoms with van der Waals surface area (Å²) in [5.41, 5.74) is 1.70. The highest BCUT2D eigenvalue weighted by Crippen LogP contribution is 2.22. The van der Waals surface area contributed by atoms with Gasteiger partial charge in [0.15, 0.2) is 0 Å². The van der Waals surface area contributed by atoms with Crippen LogP contribution in [-0.2, 0) is 6.61 Å². The molecule has 4 aromatic rings. The van der Waals surface area contributed by atoms with Crippen molar-refractivity contribution in [3.63, 3.8) is 0 Å². The van der Waals surface area contributed by atoms with Gasteiger partial charge in [0, 0.05) is 23.1 Å². The Hall–Kier alpha value is -3.34. The van der Waals surface area contributed by atoms with Crippen LogP contribution in [-0.4, -0.2) is 4.98 Å². The first kappa shape index (κ1) is 14.3. The molecule has 0 atom stereocenters. The molecule has 0 saturated carbocycles. The molecule has 0 spiro atoms. The molecule has 118 valence electrons. The van der Waals surface area contributed by atoms with Crippen molar-refractivity contribution in [3.05, 3.63) is 83.0 Å². The van der Waals surface area contributed by atoms with Crippen LogP contribution < -0.4 is 10.4 Å². The Morgan fingerprint density at radius 2 is 1.83 bits per heavy atom. The maximum atomic E-state index is 11.3. The van der Waals surface area contributed by atoms with Crippen molar-refractivity contribution in [1.82, 2.24) is 4.98 Å². The highest BCUT2D eigenvalue weighted by molar-refractivity contribution is 5.77. The van der Waals surface area contributed by atoms with Gasteiger partial charge >= 0.3 is 5.63 Å². The van der Waals surface area contributed by atoms with E-state index in [1.807, 2.05) is 42.5 Å². The zero-order chi connectivity index (χ0) is 16.4. The van der Waals surface area contributed by atoms with Gasteiger partial charge in [-0.05, 0) is 30.3 Å². The monoisotopic (exact) mass is 319 g/mol. The SMILES string of the molecule is O=c1ccc2ccc(OCc3coc(-c4ccccc4)n3)cc2o1. The van der Waals surface area contributed by atoms with Crippen LogP contribution in [0.2, 0.25) is 0 Å². The number of ether oxygens (including phenoxy) is 1. The Kier molecular flexibility index (Phi) is 3.59. The summed E-state index contributed by atoms with van der Waals surface area (Å²) >= 11 is 0. The highest BCUT2D eigenvalue weighted by atomic mass is 16.5. The summed E-state index contributed by atoms with van der Waals surface area (Å²) in [7, 11) is 0. The molecule has 24 heavy (non-hydrogen) atoms. The zero-order valence-electron chi connectivity index (χ0n) is 12.6. The molecule has 0 N–H and O–H groups in total. The quantitative estimate of drug-likeness (QED) is 0.531. The minimum Gasteiger partial charge on any atom is -0.487 e. The lowest BCUT2D eigenvalue weighted by molar-refractivity contribution is 0.301. The van der Waals surface area contributed by atoms with E-state index in [0.29, 0.717) is 22.9 Å². The van der Waals surface area contributed by atoms with Crippen molar-refractivity contribution in [1.29, 1.82) is 0 Å². The van der Waals surface area contributed by atoms with Crippen LogP contribution in [0, 0.1) is 0 Å². The fourth-order valence-electron chi connectivity index (χ4n) is 2.37. The Morgan fingerprint density at radius 1 is 1.00 bits per heavy atom. The second-order valence-electron chi connectivity index (χ2n) is 5.25. The molecule has 0 aliphatic heterocycles. The topological polar surface area (TPSA) is 65.5 Å². The number of oxazole rings is 1. The fraction of sp³-hybridized carbons (Fsp3) is 0.0526. The molecule has 5 heteroatoms. The third-order valence-corrected chi connectivity index (χ3v) is 3.55. The Morgan fingerprint density at radius 3 is 2.71 bits per heavy atom. The summed E-state index contributed by atoms with van der Waals surface area (Å²) in [5, 5.41) is 0.842. The molecule has 0 saturated heterocycles. The Labute approximate surface area is 137 Å². The van der Waals surface area contributed by atoms with Gasteiger partial charge in [-0.1, -0.05) is 18.2 Å². The molecule has 4 rings (SSSR count). The van der Waals surface area contributed by atoms with Gasteiger partial charge in [0.05, 0.1) is 0 Å². The molecule has 0 fully saturated rings. The van der Waals surface area contributed by atoms with Crippen LogP contribution in [0.1, 0.15) is 5.69 Å². The molecular weight excluding hydrogens is 306 g/mol. The van der Waals surface area contributed by atoms with Crippen LogP contribution >= 0.6 is 0 Å². The molecule has 2 aromatic heterocycles. The van der Waals surface area contributed by atoms with E-state index in [1.54, 1.807) is 18.4 Å². The van der Waals surface area contributed by atoms with Gasteiger partial charge in [-0.15, -0.1) is 0 Å². The van der Waals surface area contributed by atoms with Crippen LogP contribution in [0.25, 0.3) is 22.4 Å². The number of nitrogens with zero attached hydrogens (tertiary/aromatic N) is 1. The fourth-order valence-corrected chi connectivity index (χ4v) is 2.37. The maximum absolute atomic E-state index is 11.3. The summed E-state index contributed by atoms with van der Waals surface area (Å²) in [6.07, 6.45) is 1.57. The van der Waals surface area contributed by atoms with Crippen LogP contribution in [0.4, 0.5) is 0 Å². The van der Waals surface area contributed by atoms with E-state index in [9.17, 15) is 4.79 Å². The normalized spacial score (nSPS) is 10.8. The zero-order valence-corrected chi connectivity index (χ0v) is 12.6. The van der Waals surface area contributed by atoms with Gasteiger partial charge in [0.25, 0.3) is 0 Å². The predicted molar refractivity (Wildman–Crippen MR) is 88.8 cm³/mol. The molecular formula is C19H13NO4. The number of benzene rings is 2. The standard InChI is InChI=1S/C19H13NO4/c21-18-9-7-13-6-8-16(10-17(13)24-18)22-11-15-12-23-19(20-15)14-4-2-1-3-5-14/h1-10,12H,11H2. The smallest absolute Gasteiger partial charge is 0.336 e. The van der Waals surface area contributed by atoms with Crippen molar-refractivity contribution in [2.45, 2.75) is 6.61 Å². The second kappa shape index (κ2) is 6.04. The minimum absolute atomic E-state index is 0.263. The summed E-state index contributed by atoms with van der Waals surface area (Å²) < 4.78 is 16.3. The number of rotatable bonds is 4. The summed E-state index contributed by atoms with van der Waals surface area (Å²) in [4.78, 5) is 15.7. The largest absolute Gasteiger partial charge is 0.487 e.